The molecule has 3 N–H and O–H groups in total. The van der Waals surface area contributed by atoms with Crippen LogP contribution in [0.4, 0.5) is 5.69 Å². The fraction of sp³-hybridized carbons (Fsp3) is 0.600. The molecule has 1 saturated carbocycles. The normalized spacial score (nSPS) is 27.8. The van der Waals surface area contributed by atoms with Crippen LogP contribution in [0.25, 0.3) is 0 Å². The molecule has 0 heterocycles. The SMILES string of the molecule is COc1ccccc1NC1(CN)CCC(C)CC1. The largest absolute Gasteiger partial charge is 0.495 e. The maximum Gasteiger partial charge on any atom is 0.141 e. The topological polar surface area (TPSA) is 47.3 Å². The molecule has 0 bridgehead atoms. The molecule has 0 aliphatic heterocycles. The van der Waals surface area contributed by atoms with Gasteiger partial charge in [-0.2, -0.15) is 0 Å². The van der Waals surface area contributed by atoms with Crippen molar-refractivity contribution in [2.24, 2.45) is 11.7 Å². The minimum atomic E-state index is 0.0428. The Morgan fingerprint density at radius 2 is 2.00 bits per heavy atom. The smallest absolute Gasteiger partial charge is 0.141 e. The van der Waals surface area contributed by atoms with Gasteiger partial charge in [0.05, 0.1) is 12.8 Å². The zero-order valence-electron chi connectivity index (χ0n) is 11.4. The number of hydrogen-bond donors (Lipinski definition) is 2. The van der Waals surface area contributed by atoms with Crippen LogP contribution in [0.3, 0.4) is 0 Å². The van der Waals surface area contributed by atoms with Gasteiger partial charge in [-0.3, -0.25) is 0 Å². The molecule has 1 aliphatic carbocycles. The van der Waals surface area contributed by atoms with Crippen molar-refractivity contribution in [1.82, 2.24) is 0 Å². The van der Waals surface area contributed by atoms with Crippen LogP contribution >= 0.6 is 0 Å². The summed E-state index contributed by atoms with van der Waals surface area (Å²) in [6.07, 6.45) is 4.78. The minimum Gasteiger partial charge on any atom is -0.495 e. The van der Waals surface area contributed by atoms with Crippen molar-refractivity contribution in [3.05, 3.63) is 24.3 Å². The predicted molar refractivity (Wildman–Crippen MR) is 76.0 cm³/mol. The van der Waals surface area contributed by atoms with Gasteiger partial charge in [-0.05, 0) is 43.7 Å². The van der Waals surface area contributed by atoms with Gasteiger partial charge in [0.1, 0.15) is 5.75 Å². The summed E-state index contributed by atoms with van der Waals surface area (Å²) in [5, 5.41) is 3.63. The van der Waals surface area contributed by atoms with Gasteiger partial charge in [0.25, 0.3) is 0 Å². The lowest BCUT2D eigenvalue weighted by Crippen LogP contribution is -2.48. The Balaban J connectivity index is 2.15. The van der Waals surface area contributed by atoms with Crippen LogP contribution < -0.4 is 15.8 Å². The Labute approximate surface area is 110 Å². The monoisotopic (exact) mass is 248 g/mol. The van der Waals surface area contributed by atoms with Gasteiger partial charge in [-0.1, -0.05) is 19.1 Å². The molecule has 1 fully saturated rings. The van der Waals surface area contributed by atoms with Crippen LogP contribution in [-0.4, -0.2) is 19.2 Å². The van der Waals surface area contributed by atoms with Gasteiger partial charge in [-0.15, -0.1) is 0 Å². The summed E-state index contributed by atoms with van der Waals surface area (Å²) in [5.74, 6) is 1.72. The Hall–Kier alpha value is -1.22. The lowest BCUT2D eigenvalue weighted by molar-refractivity contribution is 0.271. The summed E-state index contributed by atoms with van der Waals surface area (Å²) in [5.41, 5.74) is 7.12. The maximum absolute atomic E-state index is 6.02. The Bertz CT molecular complexity index is 384. The number of ether oxygens (including phenoxy) is 1. The van der Waals surface area contributed by atoms with Gasteiger partial charge in [0.15, 0.2) is 0 Å². The van der Waals surface area contributed by atoms with Crippen molar-refractivity contribution in [1.29, 1.82) is 0 Å². The summed E-state index contributed by atoms with van der Waals surface area (Å²) in [6.45, 7) is 3.00. The number of para-hydroxylation sites is 2. The lowest BCUT2D eigenvalue weighted by atomic mass is 9.77. The Morgan fingerprint density at radius 1 is 1.33 bits per heavy atom. The second kappa shape index (κ2) is 5.61. The number of nitrogens with two attached hydrogens (primary N) is 1. The number of methoxy groups -OCH3 is 1. The van der Waals surface area contributed by atoms with E-state index in [1.54, 1.807) is 7.11 Å². The third kappa shape index (κ3) is 2.78. The molecule has 3 heteroatoms. The van der Waals surface area contributed by atoms with E-state index in [2.05, 4.69) is 18.3 Å². The van der Waals surface area contributed by atoms with Gasteiger partial charge < -0.3 is 15.8 Å². The van der Waals surface area contributed by atoms with E-state index in [1.807, 2.05) is 18.2 Å². The van der Waals surface area contributed by atoms with E-state index in [-0.39, 0.29) is 5.54 Å². The fourth-order valence-electron chi connectivity index (χ4n) is 2.73. The maximum atomic E-state index is 6.02. The molecular weight excluding hydrogens is 224 g/mol. The Kier molecular flexibility index (Phi) is 4.12. The number of nitrogens with one attached hydrogen (secondary N) is 1. The number of hydrogen-bond acceptors (Lipinski definition) is 3. The number of anilines is 1. The van der Waals surface area contributed by atoms with Crippen molar-refractivity contribution in [3.8, 4) is 5.75 Å². The summed E-state index contributed by atoms with van der Waals surface area (Å²) >= 11 is 0. The molecule has 2 rings (SSSR count). The summed E-state index contributed by atoms with van der Waals surface area (Å²) in [6, 6.07) is 8.06. The van der Waals surface area contributed by atoms with Crippen molar-refractivity contribution in [2.45, 2.75) is 38.1 Å². The van der Waals surface area contributed by atoms with Crippen LogP contribution in [-0.2, 0) is 0 Å². The van der Waals surface area contributed by atoms with Gasteiger partial charge in [0.2, 0.25) is 0 Å². The molecule has 0 spiro atoms. The first kappa shape index (κ1) is 13.2. The van der Waals surface area contributed by atoms with E-state index in [4.69, 9.17) is 10.5 Å². The lowest BCUT2D eigenvalue weighted by Gasteiger charge is -2.40. The first-order valence-electron chi connectivity index (χ1n) is 6.80. The molecule has 0 amide bonds. The standard InChI is InChI=1S/C15H24N2O/c1-12-7-9-15(11-16,10-8-12)17-13-5-3-4-6-14(13)18-2/h3-6,12,17H,7-11,16H2,1-2H3. The number of rotatable bonds is 4. The van der Waals surface area contributed by atoms with E-state index in [9.17, 15) is 0 Å². The molecule has 0 saturated heterocycles. The van der Waals surface area contributed by atoms with Crippen LogP contribution in [0, 0.1) is 5.92 Å². The van der Waals surface area contributed by atoms with Crippen LogP contribution in [0.5, 0.6) is 5.75 Å². The summed E-state index contributed by atoms with van der Waals surface area (Å²) in [4.78, 5) is 0. The predicted octanol–water partition coefficient (Wildman–Crippen LogP) is 3.01. The van der Waals surface area contributed by atoms with E-state index in [0.29, 0.717) is 6.54 Å². The highest BCUT2D eigenvalue weighted by molar-refractivity contribution is 5.57. The van der Waals surface area contributed by atoms with Gasteiger partial charge in [-0.25, -0.2) is 0 Å². The molecule has 1 aromatic carbocycles. The summed E-state index contributed by atoms with van der Waals surface area (Å²) < 4.78 is 5.39. The third-order valence-corrected chi connectivity index (χ3v) is 4.13. The quantitative estimate of drug-likeness (QED) is 0.861. The minimum absolute atomic E-state index is 0.0428. The second-order valence-electron chi connectivity index (χ2n) is 5.49. The van der Waals surface area contributed by atoms with E-state index in [1.165, 1.54) is 12.8 Å². The number of benzene rings is 1. The van der Waals surface area contributed by atoms with Crippen molar-refractivity contribution >= 4 is 5.69 Å². The molecule has 3 nitrogen and oxygen atoms in total. The molecular formula is C15H24N2O. The highest BCUT2D eigenvalue weighted by Crippen LogP contribution is 2.36. The van der Waals surface area contributed by atoms with E-state index in [0.717, 1.165) is 30.2 Å². The molecule has 0 unspecified atom stereocenters. The van der Waals surface area contributed by atoms with Gasteiger partial charge >= 0.3 is 0 Å². The highest BCUT2D eigenvalue weighted by Gasteiger charge is 2.33. The zero-order chi connectivity index (χ0) is 13.0. The Morgan fingerprint density at radius 3 is 2.61 bits per heavy atom. The molecule has 1 aliphatic rings. The average molecular weight is 248 g/mol. The molecule has 100 valence electrons. The van der Waals surface area contributed by atoms with Crippen LogP contribution in [0.1, 0.15) is 32.6 Å². The van der Waals surface area contributed by atoms with E-state index >= 15 is 0 Å². The molecule has 0 atom stereocenters. The first-order chi connectivity index (χ1) is 8.69. The van der Waals surface area contributed by atoms with E-state index < -0.39 is 0 Å². The summed E-state index contributed by atoms with van der Waals surface area (Å²) in [7, 11) is 1.71. The first-order valence-corrected chi connectivity index (χ1v) is 6.80. The molecule has 0 aromatic heterocycles. The van der Waals surface area contributed by atoms with Gasteiger partial charge in [0, 0.05) is 12.1 Å². The third-order valence-electron chi connectivity index (χ3n) is 4.13. The van der Waals surface area contributed by atoms with Crippen LogP contribution in [0.15, 0.2) is 24.3 Å². The second-order valence-corrected chi connectivity index (χ2v) is 5.49. The van der Waals surface area contributed by atoms with Crippen molar-refractivity contribution in [3.63, 3.8) is 0 Å². The van der Waals surface area contributed by atoms with Crippen LogP contribution in [0.2, 0.25) is 0 Å². The zero-order valence-corrected chi connectivity index (χ0v) is 11.4. The average Bonchev–Trinajstić information content (AvgIpc) is 2.42. The molecule has 0 radical (unpaired) electrons. The van der Waals surface area contributed by atoms with Crippen molar-refractivity contribution < 1.29 is 4.74 Å². The fourth-order valence-corrected chi connectivity index (χ4v) is 2.73. The molecule has 18 heavy (non-hydrogen) atoms. The van der Waals surface area contributed by atoms with Crippen molar-refractivity contribution in [2.75, 3.05) is 19.0 Å². The molecule has 1 aromatic rings. The highest BCUT2D eigenvalue weighted by atomic mass is 16.5.